The second kappa shape index (κ2) is 12.2. The minimum Gasteiger partial charge on any atom is -0.497 e. The number of nitrogens with zero attached hydrogens (tertiary/aromatic N) is 2. The molecule has 0 radical (unpaired) electrons. The van der Waals surface area contributed by atoms with Crippen molar-refractivity contribution < 1.29 is 18.3 Å². The molecule has 6 heteroatoms. The van der Waals surface area contributed by atoms with Crippen molar-refractivity contribution in [2.45, 2.75) is 25.4 Å². The average Bonchev–Trinajstić information content (AvgIpc) is 2.93. The Labute approximate surface area is 218 Å². The smallest absolute Gasteiger partial charge is 0.123 e. The van der Waals surface area contributed by atoms with Crippen LogP contribution in [0.3, 0.4) is 0 Å². The first-order valence-corrected chi connectivity index (χ1v) is 13.3. The van der Waals surface area contributed by atoms with Gasteiger partial charge in [-0.05, 0) is 83.8 Å². The molecule has 0 saturated carbocycles. The number of halogens is 2. The number of benzene rings is 3. The highest BCUT2D eigenvalue weighted by Gasteiger charge is 2.24. The summed E-state index contributed by atoms with van der Waals surface area (Å²) in [5.41, 5.74) is 4.65. The average molecular weight is 507 g/mol. The monoisotopic (exact) mass is 506 g/mol. The first-order chi connectivity index (χ1) is 18.1. The van der Waals surface area contributed by atoms with Crippen molar-refractivity contribution in [2.75, 3.05) is 53.0 Å². The summed E-state index contributed by atoms with van der Waals surface area (Å²) in [6, 6.07) is 19.2. The summed E-state index contributed by atoms with van der Waals surface area (Å²) in [7, 11) is 1.73. The minimum absolute atomic E-state index is 0.280. The first kappa shape index (κ1) is 25.8. The van der Waals surface area contributed by atoms with E-state index in [1.165, 1.54) is 41.8 Å². The van der Waals surface area contributed by atoms with Crippen molar-refractivity contribution in [1.82, 2.24) is 9.80 Å². The summed E-state index contributed by atoms with van der Waals surface area (Å²) in [6.45, 7) is 6.76. The molecule has 1 aliphatic heterocycles. The molecular weight excluding hydrogens is 470 g/mol. The third kappa shape index (κ3) is 6.75. The van der Waals surface area contributed by atoms with Gasteiger partial charge in [0.25, 0.3) is 0 Å². The largest absolute Gasteiger partial charge is 0.497 e. The zero-order chi connectivity index (χ0) is 25.6. The molecular formula is C31H36F2N2O2. The van der Waals surface area contributed by atoms with Gasteiger partial charge in [0.15, 0.2) is 0 Å². The zero-order valence-electron chi connectivity index (χ0n) is 21.5. The van der Waals surface area contributed by atoms with Gasteiger partial charge in [0.2, 0.25) is 0 Å². The molecule has 1 heterocycles. The van der Waals surface area contributed by atoms with Crippen LogP contribution in [0.1, 0.15) is 34.8 Å². The maximum atomic E-state index is 13.5. The minimum atomic E-state index is -0.350. The highest BCUT2D eigenvalue weighted by atomic mass is 19.1. The summed E-state index contributed by atoms with van der Waals surface area (Å²) in [5, 5.41) is 0. The molecule has 0 aromatic heterocycles. The van der Waals surface area contributed by atoms with Crippen LogP contribution in [0.25, 0.3) is 0 Å². The summed E-state index contributed by atoms with van der Waals surface area (Å²) >= 11 is 0. The molecule has 3 aromatic rings. The highest BCUT2D eigenvalue weighted by Crippen LogP contribution is 2.30. The topological polar surface area (TPSA) is 24.9 Å². The summed E-state index contributed by atoms with van der Waals surface area (Å²) in [6.07, 6.45) is 3.18. The van der Waals surface area contributed by atoms with Gasteiger partial charge >= 0.3 is 0 Å². The van der Waals surface area contributed by atoms with Gasteiger partial charge in [-0.3, -0.25) is 4.90 Å². The lowest BCUT2D eigenvalue weighted by molar-refractivity contribution is 0.0426. The van der Waals surface area contributed by atoms with Crippen LogP contribution in [-0.2, 0) is 17.6 Å². The number of ether oxygens (including phenoxy) is 2. The summed E-state index contributed by atoms with van der Waals surface area (Å²) in [4.78, 5) is 5.06. The number of rotatable bonds is 9. The molecule has 196 valence electrons. The van der Waals surface area contributed by atoms with Crippen LogP contribution in [0.4, 0.5) is 8.78 Å². The van der Waals surface area contributed by atoms with E-state index in [1.54, 1.807) is 31.4 Å². The van der Waals surface area contributed by atoms with E-state index in [-0.39, 0.29) is 17.7 Å². The molecule has 1 aliphatic carbocycles. The van der Waals surface area contributed by atoms with Crippen LogP contribution in [0, 0.1) is 17.6 Å². The molecule has 5 rings (SSSR count). The fraction of sp³-hybridized carbons (Fsp3) is 0.419. The van der Waals surface area contributed by atoms with E-state index >= 15 is 0 Å². The van der Waals surface area contributed by atoms with E-state index in [0.717, 1.165) is 69.0 Å². The molecule has 1 atom stereocenters. The van der Waals surface area contributed by atoms with Crippen molar-refractivity contribution in [1.29, 1.82) is 0 Å². The Kier molecular flexibility index (Phi) is 8.49. The SMILES string of the molecule is COc1ccc2c(c1)CCC(CN1CCN(CCOC(c3ccc(F)cc3)c3ccc(F)cc3)CC1)C2. The Morgan fingerprint density at radius 3 is 2.05 bits per heavy atom. The fourth-order valence-electron chi connectivity index (χ4n) is 5.61. The molecule has 2 aliphatic rings. The molecule has 0 N–H and O–H groups in total. The Hall–Kier alpha value is -2.80. The van der Waals surface area contributed by atoms with Gasteiger partial charge < -0.3 is 14.4 Å². The van der Waals surface area contributed by atoms with Crippen LogP contribution in [0.5, 0.6) is 5.75 Å². The number of fused-ring (bicyclic) bond motifs is 1. The fourth-order valence-corrected chi connectivity index (χ4v) is 5.61. The van der Waals surface area contributed by atoms with Gasteiger partial charge in [-0.2, -0.15) is 0 Å². The highest BCUT2D eigenvalue weighted by molar-refractivity contribution is 5.37. The normalized spacial score (nSPS) is 18.6. The van der Waals surface area contributed by atoms with Crippen molar-refractivity contribution in [3.63, 3.8) is 0 Å². The predicted octanol–water partition coefficient (Wildman–Crippen LogP) is 5.50. The van der Waals surface area contributed by atoms with Gasteiger partial charge in [0, 0.05) is 39.3 Å². The van der Waals surface area contributed by atoms with Crippen molar-refractivity contribution in [3.05, 3.63) is 101 Å². The Morgan fingerprint density at radius 2 is 1.43 bits per heavy atom. The molecule has 37 heavy (non-hydrogen) atoms. The number of methoxy groups -OCH3 is 1. The lowest BCUT2D eigenvalue weighted by atomic mass is 9.83. The zero-order valence-corrected chi connectivity index (χ0v) is 21.5. The lowest BCUT2D eigenvalue weighted by Crippen LogP contribution is -2.48. The standard InChI is InChI=1S/C31H36F2N2O2/c1-36-30-13-8-26-20-23(2-3-27(26)21-30)22-35-16-14-34(15-17-35)18-19-37-31(24-4-9-28(32)10-5-24)25-6-11-29(33)12-7-25/h4-13,21,23,31H,2-3,14-20,22H2,1H3. The Balaban J connectivity index is 1.09. The first-order valence-electron chi connectivity index (χ1n) is 13.3. The molecule has 3 aromatic carbocycles. The van der Waals surface area contributed by atoms with Gasteiger partial charge in [-0.15, -0.1) is 0 Å². The molecule has 1 saturated heterocycles. The van der Waals surface area contributed by atoms with Gasteiger partial charge in [0.05, 0.1) is 13.7 Å². The molecule has 0 spiro atoms. The van der Waals surface area contributed by atoms with Crippen molar-refractivity contribution >= 4 is 0 Å². The van der Waals surface area contributed by atoms with E-state index in [0.29, 0.717) is 12.5 Å². The lowest BCUT2D eigenvalue weighted by Gasteiger charge is -2.37. The van der Waals surface area contributed by atoms with E-state index in [9.17, 15) is 8.78 Å². The van der Waals surface area contributed by atoms with Crippen LogP contribution in [-0.4, -0.2) is 62.8 Å². The van der Waals surface area contributed by atoms with Gasteiger partial charge in [0.1, 0.15) is 23.5 Å². The van der Waals surface area contributed by atoms with E-state index in [1.807, 2.05) is 0 Å². The van der Waals surface area contributed by atoms with E-state index in [2.05, 4.69) is 28.0 Å². The Morgan fingerprint density at radius 1 is 0.811 bits per heavy atom. The maximum absolute atomic E-state index is 13.5. The van der Waals surface area contributed by atoms with Crippen LogP contribution < -0.4 is 4.74 Å². The number of hydrogen-bond acceptors (Lipinski definition) is 4. The van der Waals surface area contributed by atoms with Crippen molar-refractivity contribution in [3.8, 4) is 5.75 Å². The van der Waals surface area contributed by atoms with Gasteiger partial charge in [-0.25, -0.2) is 8.78 Å². The second-order valence-electron chi connectivity index (χ2n) is 10.2. The number of aryl methyl sites for hydroxylation is 1. The molecule has 0 bridgehead atoms. The predicted molar refractivity (Wildman–Crippen MR) is 142 cm³/mol. The molecule has 4 nitrogen and oxygen atoms in total. The van der Waals surface area contributed by atoms with Gasteiger partial charge in [-0.1, -0.05) is 30.3 Å². The van der Waals surface area contributed by atoms with Crippen LogP contribution >= 0.6 is 0 Å². The van der Waals surface area contributed by atoms with E-state index in [4.69, 9.17) is 9.47 Å². The van der Waals surface area contributed by atoms with Crippen LogP contribution in [0.2, 0.25) is 0 Å². The second-order valence-corrected chi connectivity index (χ2v) is 10.2. The maximum Gasteiger partial charge on any atom is 0.123 e. The summed E-state index contributed by atoms with van der Waals surface area (Å²) < 4.78 is 38.6. The molecule has 0 amide bonds. The quantitative estimate of drug-likeness (QED) is 0.383. The molecule has 1 fully saturated rings. The number of hydrogen-bond donors (Lipinski definition) is 0. The molecule has 1 unspecified atom stereocenters. The van der Waals surface area contributed by atoms with E-state index < -0.39 is 0 Å². The third-order valence-corrected chi connectivity index (χ3v) is 7.76. The number of piperazine rings is 1. The van der Waals surface area contributed by atoms with Crippen molar-refractivity contribution in [2.24, 2.45) is 5.92 Å². The van der Waals surface area contributed by atoms with Crippen LogP contribution in [0.15, 0.2) is 66.7 Å². The summed E-state index contributed by atoms with van der Waals surface area (Å²) in [5.74, 6) is 1.11. The Bertz CT molecular complexity index is 1100. The third-order valence-electron chi connectivity index (χ3n) is 7.76.